The molecule has 2 N–H and O–H groups in total. The maximum atomic E-state index is 12.0. The number of rotatable bonds is 7. The number of ether oxygens (including phenoxy) is 1. The van der Waals surface area contributed by atoms with Gasteiger partial charge in [0.1, 0.15) is 5.75 Å². The van der Waals surface area contributed by atoms with Gasteiger partial charge in [0.25, 0.3) is 5.91 Å². The zero-order chi connectivity index (χ0) is 14.3. The van der Waals surface area contributed by atoms with Crippen molar-refractivity contribution in [1.29, 1.82) is 0 Å². The summed E-state index contributed by atoms with van der Waals surface area (Å²) in [7, 11) is 1.55. The topological polar surface area (TPSA) is 75.6 Å². The molecule has 0 bridgehead atoms. The number of hydrogen-bond donors (Lipinski definition) is 2. The van der Waals surface area contributed by atoms with Gasteiger partial charge in [0.05, 0.1) is 13.5 Å². The third-order valence-corrected chi connectivity index (χ3v) is 2.75. The molecule has 5 heteroatoms. The minimum atomic E-state index is -0.909. The highest BCUT2D eigenvalue weighted by atomic mass is 16.5. The number of hydrogen-bond acceptors (Lipinski definition) is 3. The summed E-state index contributed by atoms with van der Waals surface area (Å²) in [5.41, 5.74) is 0.493. The van der Waals surface area contributed by atoms with Crippen LogP contribution in [0.5, 0.6) is 5.75 Å². The second-order valence-electron chi connectivity index (χ2n) is 4.29. The van der Waals surface area contributed by atoms with Gasteiger partial charge in [0.15, 0.2) is 0 Å². The number of carboxylic acid groups (broad SMARTS) is 1. The predicted octanol–water partition coefficient (Wildman–Crippen LogP) is 2.07. The van der Waals surface area contributed by atoms with Crippen molar-refractivity contribution >= 4 is 11.9 Å². The number of carbonyl (C=O) groups excluding carboxylic acids is 1. The fourth-order valence-electron chi connectivity index (χ4n) is 1.80. The standard InChI is InChI=1S/C14H19NO4/c1-3-4-11(9-13(16)17)15-14(18)10-5-7-12(19-2)8-6-10/h5-8,11H,3-4,9H2,1-2H3,(H,15,18)(H,16,17). The maximum Gasteiger partial charge on any atom is 0.305 e. The van der Waals surface area contributed by atoms with E-state index in [-0.39, 0.29) is 18.4 Å². The first kappa shape index (κ1) is 15.0. The van der Waals surface area contributed by atoms with Crippen LogP contribution in [0.4, 0.5) is 0 Å². The quantitative estimate of drug-likeness (QED) is 0.791. The number of aliphatic carboxylic acids is 1. The molecule has 0 radical (unpaired) electrons. The maximum absolute atomic E-state index is 12.0. The molecule has 19 heavy (non-hydrogen) atoms. The van der Waals surface area contributed by atoms with Gasteiger partial charge in [-0.25, -0.2) is 0 Å². The van der Waals surface area contributed by atoms with E-state index in [4.69, 9.17) is 9.84 Å². The number of carboxylic acids is 1. The Morgan fingerprint density at radius 2 is 1.95 bits per heavy atom. The van der Waals surface area contributed by atoms with Gasteiger partial charge in [0, 0.05) is 11.6 Å². The van der Waals surface area contributed by atoms with Crippen LogP contribution < -0.4 is 10.1 Å². The minimum Gasteiger partial charge on any atom is -0.497 e. The predicted molar refractivity (Wildman–Crippen MR) is 71.4 cm³/mol. The van der Waals surface area contributed by atoms with Crippen LogP contribution in [0.2, 0.25) is 0 Å². The monoisotopic (exact) mass is 265 g/mol. The molecular weight excluding hydrogens is 246 g/mol. The Balaban J connectivity index is 2.66. The summed E-state index contributed by atoms with van der Waals surface area (Å²) in [5.74, 6) is -0.497. The van der Waals surface area contributed by atoms with Gasteiger partial charge < -0.3 is 15.2 Å². The zero-order valence-electron chi connectivity index (χ0n) is 11.2. The molecule has 0 spiro atoms. The molecule has 1 unspecified atom stereocenters. The molecule has 1 aromatic rings. The van der Waals surface area contributed by atoms with Crippen molar-refractivity contribution in [3.05, 3.63) is 29.8 Å². The number of benzene rings is 1. The largest absolute Gasteiger partial charge is 0.497 e. The SMILES string of the molecule is CCCC(CC(=O)O)NC(=O)c1ccc(OC)cc1. The van der Waals surface area contributed by atoms with E-state index in [0.29, 0.717) is 17.7 Å². The molecule has 0 fully saturated rings. The van der Waals surface area contributed by atoms with Crippen LogP contribution in [0.3, 0.4) is 0 Å². The summed E-state index contributed by atoms with van der Waals surface area (Å²) in [4.78, 5) is 22.7. The fourth-order valence-corrected chi connectivity index (χ4v) is 1.80. The van der Waals surface area contributed by atoms with Gasteiger partial charge in [-0.2, -0.15) is 0 Å². The highest BCUT2D eigenvalue weighted by Gasteiger charge is 2.16. The summed E-state index contributed by atoms with van der Waals surface area (Å²) >= 11 is 0. The first-order chi connectivity index (χ1) is 9.06. The zero-order valence-corrected chi connectivity index (χ0v) is 11.2. The van der Waals surface area contributed by atoms with E-state index >= 15 is 0 Å². The Morgan fingerprint density at radius 1 is 1.32 bits per heavy atom. The molecular formula is C14H19NO4. The lowest BCUT2D eigenvalue weighted by atomic mass is 10.1. The van der Waals surface area contributed by atoms with Gasteiger partial charge in [-0.3, -0.25) is 9.59 Å². The fraction of sp³-hybridized carbons (Fsp3) is 0.429. The van der Waals surface area contributed by atoms with Crippen LogP contribution in [0, 0.1) is 0 Å². The van der Waals surface area contributed by atoms with Crippen molar-refractivity contribution < 1.29 is 19.4 Å². The molecule has 0 saturated heterocycles. The summed E-state index contributed by atoms with van der Waals surface area (Å²) in [5, 5.41) is 11.5. The second-order valence-corrected chi connectivity index (χ2v) is 4.29. The molecule has 0 heterocycles. The summed E-state index contributed by atoms with van der Waals surface area (Å²) in [6, 6.07) is 6.36. The van der Waals surface area contributed by atoms with Crippen molar-refractivity contribution in [2.45, 2.75) is 32.2 Å². The lowest BCUT2D eigenvalue weighted by Gasteiger charge is -2.16. The van der Waals surface area contributed by atoms with E-state index in [1.165, 1.54) is 0 Å². The molecule has 5 nitrogen and oxygen atoms in total. The van der Waals surface area contributed by atoms with E-state index in [9.17, 15) is 9.59 Å². The van der Waals surface area contributed by atoms with Crippen molar-refractivity contribution in [3.63, 3.8) is 0 Å². The molecule has 0 saturated carbocycles. The van der Waals surface area contributed by atoms with Gasteiger partial charge >= 0.3 is 5.97 Å². The summed E-state index contributed by atoms with van der Waals surface area (Å²) in [6.07, 6.45) is 1.41. The Morgan fingerprint density at radius 3 is 2.42 bits per heavy atom. The van der Waals surface area contributed by atoms with Gasteiger partial charge in [-0.15, -0.1) is 0 Å². The van der Waals surface area contributed by atoms with Crippen LogP contribution in [-0.2, 0) is 4.79 Å². The van der Waals surface area contributed by atoms with Crippen LogP contribution in [0.1, 0.15) is 36.5 Å². The van der Waals surface area contributed by atoms with E-state index in [1.54, 1.807) is 31.4 Å². The normalized spacial score (nSPS) is 11.7. The van der Waals surface area contributed by atoms with Crippen LogP contribution in [-0.4, -0.2) is 30.1 Å². The van der Waals surface area contributed by atoms with Crippen LogP contribution >= 0.6 is 0 Å². The lowest BCUT2D eigenvalue weighted by Crippen LogP contribution is -2.36. The van der Waals surface area contributed by atoms with E-state index < -0.39 is 5.97 Å². The lowest BCUT2D eigenvalue weighted by molar-refractivity contribution is -0.137. The van der Waals surface area contributed by atoms with E-state index in [2.05, 4.69) is 5.32 Å². The van der Waals surface area contributed by atoms with Crippen LogP contribution in [0.25, 0.3) is 0 Å². The molecule has 1 aromatic carbocycles. The average molecular weight is 265 g/mol. The summed E-state index contributed by atoms with van der Waals surface area (Å²) in [6.45, 7) is 1.95. The molecule has 0 aliphatic carbocycles. The molecule has 1 atom stereocenters. The molecule has 0 aliphatic rings. The Labute approximate surface area is 112 Å². The number of methoxy groups -OCH3 is 1. The van der Waals surface area contributed by atoms with Crippen molar-refractivity contribution in [2.75, 3.05) is 7.11 Å². The van der Waals surface area contributed by atoms with E-state index in [1.807, 2.05) is 6.92 Å². The van der Waals surface area contributed by atoms with Crippen molar-refractivity contribution in [1.82, 2.24) is 5.32 Å². The third kappa shape index (κ3) is 4.99. The molecule has 1 amide bonds. The highest BCUT2D eigenvalue weighted by Crippen LogP contribution is 2.12. The Hall–Kier alpha value is -2.04. The van der Waals surface area contributed by atoms with Crippen LogP contribution in [0.15, 0.2) is 24.3 Å². The van der Waals surface area contributed by atoms with Gasteiger partial charge in [-0.1, -0.05) is 13.3 Å². The van der Waals surface area contributed by atoms with Crippen molar-refractivity contribution in [3.8, 4) is 5.75 Å². The molecule has 104 valence electrons. The first-order valence-corrected chi connectivity index (χ1v) is 6.23. The number of nitrogens with one attached hydrogen (secondary N) is 1. The minimum absolute atomic E-state index is 0.0598. The van der Waals surface area contributed by atoms with Gasteiger partial charge in [0.2, 0.25) is 0 Å². The molecule has 0 aromatic heterocycles. The Kier molecular flexibility index (Phi) is 5.85. The smallest absolute Gasteiger partial charge is 0.305 e. The number of amides is 1. The Bertz CT molecular complexity index is 428. The second kappa shape index (κ2) is 7.41. The van der Waals surface area contributed by atoms with Gasteiger partial charge in [-0.05, 0) is 30.7 Å². The molecule has 0 aliphatic heterocycles. The molecule has 1 rings (SSSR count). The van der Waals surface area contributed by atoms with Crippen molar-refractivity contribution in [2.24, 2.45) is 0 Å². The van der Waals surface area contributed by atoms with E-state index in [0.717, 1.165) is 6.42 Å². The third-order valence-electron chi connectivity index (χ3n) is 2.75. The highest BCUT2D eigenvalue weighted by molar-refractivity contribution is 5.94. The number of carbonyl (C=O) groups is 2. The summed E-state index contributed by atoms with van der Waals surface area (Å²) < 4.78 is 5.01. The first-order valence-electron chi connectivity index (χ1n) is 6.23. The average Bonchev–Trinajstić information content (AvgIpc) is 2.38.